The highest BCUT2D eigenvalue weighted by atomic mass is 35.5. The number of nitrogens with zero attached hydrogens (tertiary/aromatic N) is 6. The molecule has 2 aromatic heterocycles. The van der Waals surface area contributed by atoms with Crippen molar-refractivity contribution in [1.29, 1.82) is 5.26 Å². The van der Waals surface area contributed by atoms with Gasteiger partial charge in [-0.25, -0.2) is 18.0 Å². The van der Waals surface area contributed by atoms with E-state index in [4.69, 9.17) is 26.1 Å². The van der Waals surface area contributed by atoms with Crippen LogP contribution in [0.3, 0.4) is 0 Å². The maximum atomic E-state index is 17.2. The van der Waals surface area contributed by atoms with Crippen molar-refractivity contribution in [3.63, 3.8) is 0 Å². The van der Waals surface area contributed by atoms with Gasteiger partial charge in [-0.2, -0.15) is 15.2 Å². The Morgan fingerprint density at radius 1 is 1.21 bits per heavy atom. The Labute approximate surface area is 308 Å². The van der Waals surface area contributed by atoms with E-state index in [0.29, 0.717) is 59.4 Å². The van der Waals surface area contributed by atoms with E-state index in [0.717, 1.165) is 43.6 Å². The van der Waals surface area contributed by atoms with E-state index >= 15 is 8.78 Å². The van der Waals surface area contributed by atoms with E-state index in [1.807, 2.05) is 30.6 Å². The highest BCUT2D eigenvalue weighted by molar-refractivity contribution is 7.19. The monoisotopic (exact) mass is 750 g/mol. The van der Waals surface area contributed by atoms with Crippen LogP contribution in [0.2, 0.25) is 5.02 Å². The third-order valence-corrected chi connectivity index (χ3v) is 12.3. The molecule has 0 saturated carbocycles. The number of carbonyl (C=O) groups is 1. The van der Waals surface area contributed by atoms with Crippen molar-refractivity contribution >= 4 is 55.8 Å². The molecule has 0 spiro atoms. The predicted octanol–water partition coefficient (Wildman–Crippen LogP) is 8.68. The van der Waals surface area contributed by atoms with Crippen molar-refractivity contribution in [3.05, 3.63) is 57.2 Å². The average Bonchev–Trinajstić information content (AvgIpc) is 3.82. The van der Waals surface area contributed by atoms with Gasteiger partial charge in [-0.3, -0.25) is 9.80 Å². The highest BCUT2D eigenvalue weighted by Gasteiger charge is 2.48. The normalized spacial score (nSPS) is 23.9. The number of thiophene rings is 1. The molecule has 4 aliphatic heterocycles. The molecule has 2 aromatic carbocycles. The summed E-state index contributed by atoms with van der Waals surface area (Å²) in [6.45, 7) is 9.63. The molecule has 9 nitrogen and oxygen atoms in total. The molecule has 6 heterocycles. The molecular weight excluding hydrogens is 713 g/mol. The number of nitriles is 1. The Hall–Kier alpha value is -4.12. The van der Waals surface area contributed by atoms with Crippen LogP contribution in [0.5, 0.6) is 6.01 Å². The minimum Gasteiger partial charge on any atom is -0.461 e. The molecule has 3 atom stereocenters. The van der Waals surface area contributed by atoms with Crippen LogP contribution < -0.4 is 9.64 Å². The number of ether oxygens (including phenoxy) is 2. The molecule has 272 valence electrons. The summed E-state index contributed by atoms with van der Waals surface area (Å²) in [4.78, 5) is 29.4. The Morgan fingerprint density at radius 3 is 2.65 bits per heavy atom. The number of carbonyl (C=O) groups excluding carboxylic acids is 1. The zero-order valence-corrected chi connectivity index (χ0v) is 30.9. The van der Waals surface area contributed by atoms with Crippen molar-refractivity contribution in [1.82, 2.24) is 19.8 Å². The second-order valence-corrected chi connectivity index (χ2v) is 17.0. The van der Waals surface area contributed by atoms with E-state index in [1.165, 1.54) is 12.1 Å². The summed E-state index contributed by atoms with van der Waals surface area (Å²) in [5.41, 5.74) is 0.143. The molecular formula is C38H38ClF3N6O3S. The fraction of sp³-hybridized carbons (Fsp3) is 0.474. The molecule has 14 heteroatoms. The number of amides is 1. The topological polar surface area (TPSA) is 94.8 Å². The Balaban J connectivity index is 1.24. The fourth-order valence-corrected chi connectivity index (χ4v) is 10.0. The number of rotatable bonds is 5. The van der Waals surface area contributed by atoms with Crippen molar-refractivity contribution in [2.75, 3.05) is 37.7 Å². The number of hydrogen-bond acceptors (Lipinski definition) is 9. The van der Waals surface area contributed by atoms with Crippen LogP contribution >= 0.6 is 22.9 Å². The first kappa shape index (κ1) is 34.9. The van der Waals surface area contributed by atoms with E-state index in [1.54, 1.807) is 13.0 Å². The van der Waals surface area contributed by atoms with Crippen LogP contribution in [0.4, 0.5) is 23.8 Å². The minimum absolute atomic E-state index is 0.00652. The number of hydrogen-bond donors (Lipinski definition) is 0. The maximum Gasteiger partial charge on any atom is 0.410 e. The lowest BCUT2D eigenvalue weighted by molar-refractivity contribution is 0.0122. The molecule has 2 unspecified atom stereocenters. The van der Waals surface area contributed by atoms with Crippen molar-refractivity contribution in [2.24, 2.45) is 0 Å². The van der Waals surface area contributed by atoms with Gasteiger partial charge in [0.05, 0.1) is 39.2 Å². The van der Waals surface area contributed by atoms with Crippen LogP contribution in [0.25, 0.3) is 32.1 Å². The first-order valence-electron chi connectivity index (χ1n) is 17.5. The number of fused-ring (bicyclic) bond motifs is 5. The standard InChI is InChI=1S/C38H38ClF3N6O3S/c1-20-26(15-43)29-24(8-9-28(41)33(29)52-20)30-27(39)12-25-32(31(30)42)44-35(50-19-38-10-5-11-47(38)16-21(13-38)14-40)45-34(25)46-17-22-6-7-23(18-46)48(22)36(49)51-37(2,3)4/h8-9,12,14,22-23H,5-7,10-11,13,16-19H2,1-4H3/b21-14-/t22?,23?,38-/m0/s1. The molecule has 0 N–H and O–H groups in total. The fourth-order valence-electron chi connectivity index (χ4n) is 8.68. The van der Waals surface area contributed by atoms with Gasteiger partial charge in [0.2, 0.25) is 0 Å². The van der Waals surface area contributed by atoms with Gasteiger partial charge in [-0.1, -0.05) is 17.7 Å². The molecule has 0 aliphatic carbocycles. The third kappa shape index (κ3) is 5.74. The lowest BCUT2D eigenvalue weighted by atomic mass is 9.94. The Morgan fingerprint density at radius 2 is 1.96 bits per heavy atom. The van der Waals surface area contributed by atoms with Crippen molar-refractivity contribution in [3.8, 4) is 23.2 Å². The lowest BCUT2D eigenvalue weighted by Gasteiger charge is -2.42. The van der Waals surface area contributed by atoms with Gasteiger partial charge < -0.3 is 14.4 Å². The van der Waals surface area contributed by atoms with Crippen molar-refractivity contribution < 1.29 is 27.4 Å². The molecule has 4 saturated heterocycles. The Kier molecular flexibility index (Phi) is 8.59. The van der Waals surface area contributed by atoms with Crippen molar-refractivity contribution in [2.45, 2.75) is 83.0 Å². The summed E-state index contributed by atoms with van der Waals surface area (Å²) in [6, 6.07) is 6.12. The van der Waals surface area contributed by atoms with Gasteiger partial charge in [0.1, 0.15) is 35.4 Å². The number of aromatic nitrogens is 2. The summed E-state index contributed by atoms with van der Waals surface area (Å²) in [5, 5.41) is 10.7. The van der Waals surface area contributed by atoms with Crippen LogP contribution in [-0.2, 0) is 4.74 Å². The number of piperazine rings is 1. The van der Waals surface area contributed by atoms with Gasteiger partial charge in [-0.15, -0.1) is 11.3 Å². The number of aryl methyl sites for hydroxylation is 1. The smallest absolute Gasteiger partial charge is 0.410 e. The first-order valence-corrected chi connectivity index (χ1v) is 18.7. The summed E-state index contributed by atoms with van der Waals surface area (Å²) in [5.74, 6) is -0.849. The molecule has 52 heavy (non-hydrogen) atoms. The van der Waals surface area contributed by atoms with Gasteiger partial charge >= 0.3 is 12.1 Å². The number of anilines is 1. The van der Waals surface area contributed by atoms with Crippen LogP contribution in [0.15, 0.2) is 30.1 Å². The second kappa shape index (κ2) is 12.8. The van der Waals surface area contributed by atoms with Gasteiger partial charge in [-0.05, 0) is 89.6 Å². The Bertz CT molecular complexity index is 2200. The van der Waals surface area contributed by atoms with Crippen LogP contribution in [0, 0.1) is 29.9 Å². The van der Waals surface area contributed by atoms with Crippen LogP contribution in [0.1, 0.15) is 63.3 Å². The molecule has 1 amide bonds. The largest absolute Gasteiger partial charge is 0.461 e. The molecule has 4 fully saturated rings. The molecule has 4 aromatic rings. The molecule has 0 radical (unpaired) electrons. The van der Waals surface area contributed by atoms with E-state index in [-0.39, 0.29) is 62.7 Å². The average molecular weight is 751 g/mol. The number of halogens is 4. The molecule has 8 rings (SSSR count). The van der Waals surface area contributed by atoms with Gasteiger partial charge in [0, 0.05) is 40.8 Å². The highest BCUT2D eigenvalue weighted by Crippen LogP contribution is 2.46. The lowest BCUT2D eigenvalue weighted by Crippen LogP contribution is -2.57. The maximum absolute atomic E-state index is 17.2. The van der Waals surface area contributed by atoms with Gasteiger partial charge in [0.15, 0.2) is 5.82 Å². The van der Waals surface area contributed by atoms with E-state index in [2.05, 4.69) is 16.0 Å². The van der Waals surface area contributed by atoms with E-state index in [9.17, 15) is 14.4 Å². The molecule has 2 bridgehead atoms. The summed E-state index contributed by atoms with van der Waals surface area (Å²) < 4.78 is 58.2. The zero-order chi connectivity index (χ0) is 36.7. The summed E-state index contributed by atoms with van der Waals surface area (Å²) in [7, 11) is 0. The first-order chi connectivity index (χ1) is 24.8. The second-order valence-electron chi connectivity index (χ2n) is 15.4. The minimum atomic E-state index is -0.754. The molecule has 4 aliphatic rings. The predicted molar refractivity (Wildman–Crippen MR) is 195 cm³/mol. The SMILES string of the molecule is Cc1sc2c(F)ccc(-c3c(Cl)cc4c(N5CC6CCC(C5)N6C(=O)OC(C)(C)C)nc(OC[C@@]56CCCN5C/C(=C\F)C6)nc4c3F)c2c1C#N. The zero-order valence-electron chi connectivity index (χ0n) is 29.4. The van der Waals surface area contributed by atoms with E-state index < -0.39 is 22.8 Å². The number of benzene rings is 2. The summed E-state index contributed by atoms with van der Waals surface area (Å²) in [6.07, 6.45) is 4.15. The third-order valence-electron chi connectivity index (χ3n) is 10.9. The summed E-state index contributed by atoms with van der Waals surface area (Å²) >= 11 is 8.07. The van der Waals surface area contributed by atoms with Crippen LogP contribution in [-0.4, -0.2) is 81.9 Å². The van der Waals surface area contributed by atoms with Gasteiger partial charge in [0.25, 0.3) is 0 Å². The quantitative estimate of drug-likeness (QED) is 0.200.